The fraction of sp³-hybridized carbons (Fsp3) is 0.444. The first-order valence-corrected chi connectivity index (χ1v) is 4.11. The SMILES string of the molecule is NCCOCCc1ccccn1. The number of hydrogen-bond donors (Lipinski definition) is 1. The second-order valence-electron chi connectivity index (χ2n) is 2.47. The maximum absolute atomic E-state index is 5.27. The van der Waals surface area contributed by atoms with Crippen LogP contribution in [0, 0.1) is 0 Å². The molecule has 12 heavy (non-hydrogen) atoms. The van der Waals surface area contributed by atoms with Gasteiger partial charge in [0.05, 0.1) is 13.2 Å². The zero-order valence-electron chi connectivity index (χ0n) is 7.07. The maximum Gasteiger partial charge on any atom is 0.0588 e. The lowest BCUT2D eigenvalue weighted by atomic mass is 10.3. The molecule has 3 nitrogen and oxygen atoms in total. The van der Waals surface area contributed by atoms with Gasteiger partial charge in [-0.25, -0.2) is 0 Å². The summed E-state index contributed by atoms with van der Waals surface area (Å²) in [5, 5.41) is 0. The minimum absolute atomic E-state index is 0.586. The monoisotopic (exact) mass is 166 g/mol. The molecule has 0 fully saturated rings. The Labute approximate surface area is 72.6 Å². The second-order valence-corrected chi connectivity index (χ2v) is 2.47. The van der Waals surface area contributed by atoms with Gasteiger partial charge in [-0.15, -0.1) is 0 Å². The second kappa shape index (κ2) is 5.69. The van der Waals surface area contributed by atoms with Crippen molar-refractivity contribution in [3.8, 4) is 0 Å². The van der Waals surface area contributed by atoms with E-state index in [-0.39, 0.29) is 0 Å². The molecule has 0 aliphatic carbocycles. The van der Waals surface area contributed by atoms with Crippen molar-refractivity contribution >= 4 is 0 Å². The summed E-state index contributed by atoms with van der Waals surface area (Å²) in [5.41, 5.74) is 6.33. The van der Waals surface area contributed by atoms with Crippen LogP contribution < -0.4 is 5.73 Å². The Morgan fingerprint density at radius 1 is 1.33 bits per heavy atom. The summed E-state index contributed by atoms with van der Waals surface area (Å²) in [6, 6.07) is 5.88. The molecule has 0 unspecified atom stereocenters. The highest BCUT2D eigenvalue weighted by molar-refractivity contribution is 5.03. The molecule has 0 aliphatic heterocycles. The third kappa shape index (κ3) is 3.46. The molecule has 1 heterocycles. The molecule has 0 bridgehead atoms. The molecular weight excluding hydrogens is 152 g/mol. The Balaban J connectivity index is 2.16. The van der Waals surface area contributed by atoms with Crippen LogP contribution in [0.15, 0.2) is 24.4 Å². The molecule has 0 aliphatic rings. The van der Waals surface area contributed by atoms with Crippen molar-refractivity contribution in [1.29, 1.82) is 0 Å². The molecule has 0 atom stereocenters. The number of rotatable bonds is 5. The quantitative estimate of drug-likeness (QED) is 0.651. The van der Waals surface area contributed by atoms with Crippen molar-refractivity contribution in [2.45, 2.75) is 6.42 Å². The van der Waals surface area contributed by atoms with E-state index in [4.69, 9.17) is 10.5 Å². The molecule has 0 aromatic carbocycles. The predicted octanol–water partition coefficient (Wildman–Crippen LogP) is 0.599. The van der Waals surface area contributed by atoms with Crippen LogP contribution in [0.25, 0.3) is 0 Å². The number of nitrogens with zero attached hydrogens (tertiary/aromatic N) is 1. The Bertz CT molecular complexity index is 201. The Morgan fingerprint density at radius 2 is 2.25 bits per heavy atom. The fourth-order valence-electron chi connectivity index (χ4n) is 0.908. The minimum atomic E-state index is 0.586. The summed E-state index contributed by atoms with van der Waals surface area (Å²) in [4.78, 5) is 4.17. The molecule has 2 N–H and O–H groups in total. The van der Waals surface area contributed by atoms with E-state index in [9.17, 15) is 0 Å². The predicted molar refractivity (Wildman–Crippen MR) is 47.8 cm³/mol. The molecule has 66 valence electrons. The minimum Gasteiger partial charge on any atom is -0.380 e. The van der Waals surface area contributed by atoms with E-state index in [1.165, 1.54) is 0 Å². The van der Waals surface area contributed by atoms with Crippen LogP contribution in [0.4, 0.5) is 0 Å². The van der Waals surface area contributed by atoms with Crippen molar-refractivity contribution in [2.75, 3.05) is 19.8 Å². The molecule has 0 spiro atoms. The molecule has 3 heteroatoms. The van der Waals surface area contributed by atoms with E-state index in [1.54, 1.807) is 6.20 Å². The number of nitrogens with two attached hydrogens (primary N) is 1. The van der Waals surface area contributed by atoms with Gasteiger partial charge in [-0.1, -0.05) is 6.07 Å². The van der Waals surface area contributed by atoms with Crippen LogP contribution in [-0.4, -0.2) is 24.7 Å². The third-order valence-corrected chi connectivity index (χ3v) is 1.49. The number of pyridine rings is 1. The molecular formula is C9H14N2O. The highest BCUT2D eigenvalue weighted by Crippen LogP contribution is 1.94. The number of aromatic nitrogens is 1. The summed E-state index contributed by atoms with van der Waals surface area (Å²) in [5.74, 6) is 0. The van der Waals surface area contributed by atoms with Crippen LogP contribution in [0.2, 0.25) is 0 Å². The Kier molecular flexibility index (Phi) is 4.34. The van der Waals surface area contributed by atoms with Gasteiger partial charge in [-0.3, -0.25) is 4.98 Å². The number of hydrogen-bond acceptors (Lipinski definition) is 3. The van der Waals surface area contributed by atoms with Crippen LogP contribution in [0.3, 0.4) is 0 Å². The van der Waals surface area contributed by atoms with Crippen LogP contribution in [0.1, 0.15) is 5.69 Å². The van der Waals surface area contributed by atoms with Gasteiger partial charge in [0, 0.05) is 24.9 Å². The summed E-state index contributed by atoms with van der Waals surface area (Å²) >= 11 is 0. The molecule has 0 saturated carbocycles. The molecule has 0 amide bonds. The van der Waals surface area contributed by atoms with Gasteiger partial charge in [0.1, 0.15) is 0 Å². The van der Waals surface area contributed by atoms with E-state index in [1.807, 2.05) is 18.2 Å². The van der Waals surface area contributed by atoms with Crippen molar-refractivity contribution < 1.29 is 4.74 Å². The smallest absolute Gasteiger partial charge is 0.0588 e. The topological polar surface area (TPSA) is 48.1 Å². The van der Waals surface area contributed by atoms with Crippen molar-refractivity contribution in [3.63, 3.8) is 0 Å². The third-order valence-electron chi connectivity index (χ3n) is 1.49. The summed E-state index contributed by atoms with van der Waals surface area (Å²) in [7, 11) is 0. The average molecular weight is 166 g/mol. The van der Waals surface area contributed by atoms with Crippen molar-refractivity contribution in [1.82, 2.24) is 4.98 Å². The normalized spacial score (nSPS) is 10.1. The van der Waals surface area contributed by atoms with Gasteiger partial charge in [0.2, 0.25) is 0 Å². The first-order valence-electron chi connectivity index (χ1n) is 4.11. The molecule has 0 radical (unpaired) electrons. The van der Waals surface area contributed by atoms with Gasteiger partial charge in [0.15, 0.2) is 0 Å². The van der Waals surface area contributed by atoms with Crippen LogP contribution in [-0.2, 0) is 11.2 Å². The first kappa shape index (κ1) is 9.16. The summed E-state index contributed by atoms with van der Waals surface area (Å²) < 4.78 is 5.22. The Hall–Kier alpha value is -0.930. The highest BCUT2D eigenvalue weighted by atomic mass is 16.5. The first-order chi connectivity index (χ1) is 5.93. The van der Waals surface area contributed by atoms with E-state index in [2.05, 4.69) is 4.98 Å². The lowest BCUT2D eigenvalue weighted by molar-refractivity contribution is 0.144. The molecule has 1 aromatic heterocycles. The van der Waals surface area contributed by atoms with E-state index < -0.39 is 0 Å². The highest BCUT2D eigenvalue weighted by Gasteiger charge is 1.91. The molecule has 1 rings (SSSR count). The lowest BCUT2D eigenvalue weighted by Gasteiger charge is -2.00. The van der Waals surface area contributed by atoms with Gasteiger partial charge >= 0.3 is 0 Å². The summed E-state index contributed by atoms with van der Waals surface area (Å²) in [6.07, 6.45) is 2.65. The van der Waals surface area contributed by atoms with E-state index in [0.717, 1.165) is 12.1 Å². The van der Waals surface area contributed by atoms with Gasteiger partial charge in [-0.2, -0.15) is 0 Å². The Morgan fingerprint density at radius 3 is 2.92 bits per heavy atom. The zero-order valence-corrected chi connectivity index (χ0v) is 7.07. The summed E-state index contributed by atoms with van der Waals surface area (Å²) in [6.45, 7) is 1.92. The maximum atomic E-state index is 5.27. The number of ether oxygens (including phenoxy) is 1. The lowest BCUT2D eigenvalue weighted by Crippen LogP contribution is -2.10. The largest absolute Gasteiger partial charge is 0.380 e. The van der Waals surface area contributed by atoms with Gasteiger partial charge in [-0.05, 0) is 12.1 Å². The van der Waals surface area contributed by atoms with E-state index >= 15 is 0 Å². The standard InChI is InChI=1S/C9H14N2O/c10-5-8-12-7-4-9-3-1-2-6-11-9/h1-3,6H,4-5,7-8,10H2. The van der Waals surface area contributed by atoms with Gasteiger partial charge in [0.25, 0.3) is 0 Å². The van der Waals surface area contributed by atoms with Gasteiger partial charge < -0.3 is 10.5 Å². The van der Waals surface area contributed by atoms with Crippen LogP contribution >= 0.6 is 0 Å². The molecule has 0 saturated heterocycles. The fourth-order valence-corrected chi connectivity index (χ4v) is 0.908. The van der Waals surface area contributed by atoms with Crippen molar-refractivity contribution in [3.05, 3.63) is 30.1 Å². The van der Waals surface area contributed by atoms with Crippen LogP contribution in [0.5, 0.6) is 0 Å². The van der Waals surface area contributed by atoms with E-state index in [0.29, 0.717) is 19.8 Å². The zero-order chi connectivity index (χ0) is 8.65. The van der Waals surface area contributed by atoms with Crippen molar-refractivity contribution in [2.24, 2.45) is 5.73 Å². The molecule has 1 aromatic rings. The average Bonchev–Trinajstić information content (AvgIpc) is 2.14.